The van der Waals surface area contributed by atoms with Crippen LogP contribution in [0.3, 0.4) is 0 Å². The number of rotatable bonds is 8. The Hall–Kier alpha value is -4.40. The molecular weight excluding hydrogens is 432 g/mol. The molecule has 3 N–H and O–H groups in total. The molecule has 0 fully saturated rings. The maximum absolute atomic E-state index is 12.3. The number of hydrogen-bond acceptors (Lipinski definition) is 6. The summed E-state index contributed by atoms with van der Waals surface area (Å²) >= 11 is 0. The molecule has 0 bridgehead atoms. The number of nitrogens with one attached hydrogen (secondary N) is 3. The quantitative estimate of drug-likeness (QED) is 0.348. The van der Waals surface area contributed by atoms with Crippen molar-refractivity contribution in [2.45, 2.75) is 13.8 Å². The topological polar surface area (TPSA) is 110 Å². The molecule has 0 aliphatic rings. The number of aryl methyl sites for hydroxylation is 2. The van der Waals surface area contributed by atoms with Crippen LogP contribution in [0.5, 0.6) is 11.5 Å². The van der Waals surface area contributed by atoms with Gasteiger partial charge in [-0.1, -0.05) is 17.7 Å². The summed E-state index contributed by atoms with van der Waals surface area (Å²) in [7, 11) is 1.95. The predicted octanol–water partition coefficient (Wildman–Crippen LogP) is 3.68. The molecule has 0 unspecified atom stereocenters. The first-order chi connectivity index (χ1) is 16.4. The Labute approximate surface area is 197 Å². The Morgan fingerprint density at radius 2 is 1.71 bits per heavy atom. The average molecular weight is 459 g/mol. The summed E-state index contributed by atoms with van der Waals surface area (Å²) < 4.78 is 7.95. The number of amides is 2. The first kappa shape index (κ1) is 22.8. The van der Waals surface area contributed by atoms with Crippen molar-refractivity contribution in [2.24, 2.45) is 7.05 Å². The highest BCUT2D eigenvalue weighted by Crippen LogP contribution is 2.28. The molecule has 9 nitrogen and oxygen atoms in total. The minimum Gasteiger partial charge on any atom is -0.457 e. The van der Waals surface area contributed by atoms with E-state index in [4.69, 9.17) is 9.72 Å². The summed E-state index contributed by atoms with van der Waals surface area (Å²) in [6, 6.07) is 17.0. The van der Waals surface area contributed by atoms with Crippen molar-refractivity contribution in [1.82, 2.24) is 25.2 Å². The number of imidazole rings is 1. The third-order valence-corrected chi connectivity index (χ3v) is 5.14. The molecule has 4 rings (SSSR count). The van der Waals surface area contributed by atoms with E-state index >= 15 is 0 Å². The second-order valence-corrected chi connectivity index (χ2v) is 7.85. The second kappa shape index (κ2) is 10.0. The Balaban J connectivity index is 1.46. The molecule has 0 spiro atoms. The van der Waals surface area contributed by atoms with Gasteiger partial charge >= 0.3 is 0 Å². The summed E-state index contributed by atoms with van der Waals surface area (Å²) in [5.41, 5.74) is 4.11. The Kier molecular flexibility index (Phi) is 6.72. The fraction of sp³-hybridized carbons (Fsp3) is 0.200. The molecule has 9 heteroatoms. The molecule has 34 heavy (non-hydrogen) atoms. The molecule has 0 saturated carbocycles. The number of anilines is 2. The van der Waals surface area contributed by atoms with Crippen LogP contribution in [0.1, 0.15) is 23.0 Å². The molecule has 0 aliphatic heterocycles. The fourth-order valence-corrected chi connectivity index (χ4v) is 3.36. The van der Waals surface area contributed by atoms with E-state index in [2.05, 4.69) is 20.9 Å². The Morgan fingerprint density at radius 3 is 2.47 bits per heavy atom. The minimum absolute atomic E-state index is 0.148. The number of pyridine rings is 1. The number of ether oxygens (including phenoxy) is 1. The van der Waals surface area contributed by atoms with Gasteiger partial charge in [-0.3, -0.25) is 14.6 Å². The zero-order valence-electron chi connectivity index (χ0n) is 19.3. The van der Waals surface area contributed by atoms with Crippen molar-refractivity contribution in [1.29, 1.82) is 0 Å². The predicted molar refractivity (Wildman–Crippen MR) is 131 cm³/mol. The summed E-state index contributed by atoms with van der Waals surface area (Å²) in [4.78, 5) is 32.0. The number of aromatic nitrogens is 3. The lowest BCUT2D eigenvalue weighted by atomic mass is 10.2. The maximum atomic E-state index is 12.3. The highest BCUT2D eigenvalue weighted by atomic mass is 16.5. The van der Waals surface area contributed by atoms with Gasteiger partial charge < -0.3 is 25.3 Å². The van der Waals surface area contributed by atoms with E-state index in [0.29, 0.717) is 24.6 Å². The van der Waals surface area contributed by atoms with Gasteiger partial charge in [0.15, 0.2) is 0 Å². The largest absolute Gasteiger partial charge is 0.457 e. The van der Waals surface area contributed by atoms with Gasteiger partial charge in [0.25, 0.3) is 5.91 Å². The Bertz CT molecular complexity index is 1330. The van der Waals surface area contributed by atoms with E-state index in [1.54, 1.807) is 12.1 Å². The number of nitrogens with zero attached hydrogens (tertiary/aromatic N) is 3. The molecule has 2 aromatic carbocycles. The van der Waals surface area contributed by atoms with Crippen LogP contribution >= 0.6 is 0 Å². The molecule has 0 radical (unpaired) electrons. The zero-order valence-corrected chi connectivity index (χ0v) is 19.3. The van der Waals surface area contributed by atoms with Gasteiger partial charge in [-0.25, -0.2) is 4.98 Å². The van der Waals surface area contributed by atoms with Crippen LogP contribution in [-0.2, 0) is 11.8 Å². The van der Waals surface area contributed by atoms with E-state index in [1.165, 1.54) is 18.7 Å². The molecule has 174 valence electrons. The van der Waals surface area contributed by atoms with E-state index < -0.39 is 0 Å². The molecule has 0 saturated heterocycles. The third kappa shape index (κ3) is 5.50. The normalized spacial score (nSPS) is 10.7. The second-order valence-electron chi connectivity index (χ2n) is 7.85. The van der Waals surface area contributed by atoms with Gasteiger partial charge in [0.1, 0.15) is 17.2 Å². The summed E-state index contributed by atoms with van der Waals surface area (Å²) in [6.45, 7) is 4.13. The number of hydrogen-bond donors (Lipinski definition) is 3. The van der Waals surface area contributed by atoms with Crippen LogP contribution < -0.4 is 20.7 Å². The molecule has 2 amide bonds. The van der Waals surface area contributed by atoms with E-state index in [-0.39, 0.29) is 17.5 Å². The lowest BCUT2D eigenvalue weighted by Gasteiger charge is -2.08. The highest BCUT2D eigenvalue weighted by Gasteiger charge is 2.11. The Morgan fingerprint density at radius 1 is 0.971 bits per heavy atom. The van der Waals surface area contributed by atoms with Crippen molar-refractivity contribution in [3.8, 4) is 11.5 Å². The molecule has 0 aliphatic carbocycles. The summed E-state index contributed by atoms with van der Waals surface area (Å²) in [6.07, 6.45) is 1.51. The van der Waals surface area contributed by atoms with Gasteiger partial charge in [0.2, 0.25) is 11.9 Å². The van der Waals surface area contributed by atoms with E-state index in [0.717, 1.165) is 22.7 Å². The van der Waals surface area contributed by atoms with Crippen molar-refractivity contribution in [3.05, 3.63) is 72.1 Å². The minimum atomic E-state index is -0.345. The fourth-order valence-electron chi connectivity index (χ4n) is 3.36. The lowest BCUT2D eigenvalue weighted by molar-refractivity contribution is -0.118. The SMILES string of the molecule is CC(=O)NCCNC(=O)c1cc(Oc2ccc3c(c2)nc(Nc2ccc(C)cc2)n3C)ccn1. The maximum Gasteiger partial charge on any atom is 0.270 e. The molecular formula is C25H26N6O3. The van der Waals surface area contributed by atoms with Gasteiger partial charge in [-0.2, -0.15) is 0 Å². The number of fused-ring (bicyclic) bond motifs is 1. The van der Waals surface area contributed by atoms with E-state index in [1.807, 2.05) is 61.0 Å². The van der Waals surface area contributed by atoms with Crippen molar-refractivity contribution in [2.75, 3.05) is 18.4 Å². The summed E-state index contributed by atoms with van der Waals surface area (Å²) in [5.74, 6) is 1.30. The third-order valence-electron chi connectivity index (χ3n) is 5.14. The summed E-state index contributed by atoms with van der Waals surface area (Å²) in [5, 5.41) is 8.67. The van der Waals surface area contributed by atoms with Crippen LogP contribution in [0.4, 0.5) is 11.6 Å². The van der Waals surface area contributed by atoms with Crippen molar-refractivity contribution < 1.29 is 14.3 Å². The smallest absolute Gasteiger partial charge is 0.270 e. The monoisotopic (exact) mass is 458 g/mol. The average Bonchev–Trinajstić information content (AvgIpc) is 3.12. The first-order valence-electron chi connectivity index (χ1n) is 10.9. The van der Waals surface area contributed by atoms with Gasteiger partial charge in [-0.05, 0) is 37.3 Å². The standard InChI is InChI=1S/C25H26N6O3/c1-16-4-6-18(7-5-16)29-25-30-21-14-19(8-9-23(21)31(25)3)34-20-10-11-27-22(15-20)24(33)28-13-12-26-17(2)32/h4-11,14-15H,12-13H2,1-3H3,(H,26,32)(H,28,33)(H,29,30). The van der Waals surface area contributed by atoms with Crippen LogP contribution in [0.15, 0.2) is 60.8 Å². The molecule has 2 aromatic heterocycles. The van der Waals surface area contributed by atoms with Crippen LogP contribution in [0.2, 0.25) is 0 Å². The zero-order chi connectivity index (χ0) is 24.1. The van der Waals surface area contributed by atoms with Crippen LogP contribution in [0.25, 0.3) is 11.0 Å². The number of carbonyl (C=O) groups is 2. The molecule has 2 heterocycles. The first-order valence-corrected chi connectivity index (χ1v) is 10.9. The number of benzene rings is 2. The van der Waals surface area contributed by atoms with Crippen LogP contribution in [0, 0.1) is 6.92 Å². The number of carbonyl (C=O) groups excluding carboxylic acids is 2. The lowest BCUT2D eigenvalue weighted by Crippen LogP contribution is -2.33. The van der Waals surface area contributed by atoms with E-state index in [9.17, 15) is 9.59 Å². The van der Waals surface area contributed by atoms with Crippen LogP contribution in [-0.4, -0.2) is 39.4 Å². The van der Waals surface area contributed by atoms with Gasteiger partial charge in [0.05, 0.1) is 11.0 Å². The molecule has 4 aromatic rings. The van der Waals surface area contributed by atoms with Crippen molar-refractivity contribution in [3.63, 3.8) is 0 Å². The highest BCUT2D eigenvalue weighted by molar-refractivity contribution is 5.92. The molecule has 0 atom stereocenters. The van der Waals surface area contributed by atoms with Gasteiger partial charge in [0, 0.05) is 51.1 Å². The van der Waals surface area contributed by atoms with Gasteiger partial charge in [-0.15, -0.1) is 0 Å². The van der Waals surface area contributed by atoms with Crippen molar-refractivity contribution >= 4 is 34.5 Å².